The molecule has 0 aliphatic carbocycles. The first-order valence-electron chi connectivity index (χ1n) is 5.31. The maximum Gasteiger partial charge on any atom is 0.327 e. The minimum absolute atomic E-state index is 0.101. The van der Waals surface area contributed by atoms with Crippen LogP contribution in [-0.2, 0) is 26.9 Å². The number of nitrogens with zero attached hydrogens (tertiary/aromatic N) is 2. The monoisotopic (exact) mass is 273 g/mol. The molecule has 0 radical (unpaired) electrons. The summed E-state index contributed by atoms with van der Waals surface area (Å²) in [4.78, 5) is 21.6. The molecule has 1 heterocycles. The van der Waals surface area contributed by atoms with Gasteiger partial charge >= 0.3 is 5.97 Å². The summed E-state index contributed by atoms with van der Waals surface area (Å²) < 4.78 is 13.3. The summed E-state index contributed by atoms with van der Waals surface area (Å²) in [5.41, 5.74) is 0. The van der Waals surface area contributed by atoms with Gasteiger partial charge in [-0.2, -0.15) is 5.10 Å². The summed E-state index contributed by atoms with van der Waals surface area (Å²) in [6.45, 7) is 1.68. The molecule has 0 aliphatic heterocycles. The van der Waals surface area contributed by atoms with Crippen LogP contribution in [0.2, 0.25) is 0 Å². The molecule has 2 N–H and O–H groups in total. The van der Waals surface area contributed by atoms with Crippen LogP contribution in [0, 0.1) is 0 Å². The van der Waals surface area contributed by atoms with E-state index in [9.17, 15) is 13.8 Å². The zero-order chi connectivity index (χ0) is 13.5. The van der Waals surface area contributed by atoms with Gasteiger partial charge in [-0.15, -0.1) is 0 Å². The normalized spacial score (nSPS) is 13.8. The number of carboxylic acids is 1. The summed E-state index contributed by atoms with van der Waals surface area (Å²) >= 11 is 0. The second kappa shape index (κ2) is 6.90. The van der Waals surface area contributed by atoms with Gasteiger partial charge in [0.15, 0.2) is 0 Å². The third-order valence-electron chi connectivity index (χ3n) is 2.14. The van der Waals surface area contributed by atoms with E-state index in [1.807, 2.05) is 0 Å². The SMILES string of the molecule is CC(=O)N[C@@H](CS(=O)CCn1cccn1)C(=O)O. The number of hydrogen-bond donors (Lipinski definition) is 2. The second-order valence-electron chi connectivity index (χ2n) is 3.67. The third kappa shape index (κ3) is 5.09. The Hall–Kier alpha value is -1.70. The Morgan fingerprint density at radius 2 is 2.28 bits per heavy atom. The van der Waals surface area contributed by atoms with Gasteiger partial charge in [0.05, 0.1) is 12.3 Å². The fourth-order valence-corrected chi connectivity index (χ4v) is 2.47. The number of aromatic nitrogens is 2. The number of carboxylic acid groups (broad SMARTS) is 1. The van der Waals surface area contributed by atoms with Crippen molar-refractivity contribution in [3.05, 3.63) is 18.5 Å². The minimum Gasteiger partial charge on any atom is -0.480 e. The van der Waals surface area contributed by atoms with Gasteiger partial charge in [-0.25, -0.2) is 4.79 Å². The van der Waals surface area contributed by atoms with Crippen molar-refractivity contribution < 1.29 is 18.9 Å². The van der Waals surface area contributed by atoms with Crippen molar-refractivity contribution in [1.82, 2.24) is 15.1 Å². The largest absolute Gasteiger partial charge is 0.480 e. The van der Waals surface area contributed by atoms with Crippen LogP contribution in [0.3, 0.4) is 0 Å². The molecule has 2 atom stereocenters. The molecule has 100 valence electrons. The van der Waals surface area contributed by atoms with Crippen molar-refractivity contribution >= 4 is 22.7 Å². The lowest BCUT2D eigenvalue weighted by molar-refractivity contribution is -0.140. The predicted molar refractivity (Wildman–Crippen MR) is 65.3 cm³/mol. The molecule has 18 heavy (non-hydrogen) atoms. The van der Waals surface area contributed by atoms with Gasteiger partial charge in [0, 0.05) is 35.9 Å². The van der Waals surface area contributed by atoms with Crippen LogP contribution >= 0.6 is 0 Å². The van der Waals surface area contributed by atoms with Crippen LogP contribution in [0.1, 0.15) is 6.92 Å². The van der Waals surface area contributed by atoms with Crippen molar-refractivity contribution in [2.45, 2.75) is 19.5 Å². The molecule has 0 saturated heterocycles. The van der Waals surface area contributed by atoms with Crippen LogP contribution in [-0.4, -0.2) is 48.5 Å². The maximum atomic E-state index is 11.7. The van der Waals surface area contributed by atoms with E-state index in [2.05, 4.69) is 10.4 Å². The number of carbonyl (C=O) groups excluding carboxylic acids is 1. The highest BCUT2D eigenvalue weighted by molar-refractivity contribution is 7.85. The summed E-state index contributed by atoms with van der Waals surface area (Å²) in [6.07, 6.45) is 3.35. The molecule has 0 aromatic carbocycles. The molecule has 1 aromatic rings. The molecule has 0 saturated carbocycles. The van der Waals surface area contributed by atoms with Crippen molar-refractivity contribution in [2.75, 3.05) is 11.5 Å². The van der Waals surface area contributed by atoms with Gasteiger partial charge in [-0.1, -0.05) is 0 Å². The molecule has 0 aliphatic rings. The van der Waals surface area contributed by atoms with Gasteiger partial charge in [-0.3, -0.25) is 13.7 Å². The quantitative estimate of drug-likeness (QED) is 0.678. The Kier molecular flexibility index (Phi) is 5.50. The standard InChI is InChI=1S/C10H15N3O4S/c1-8(14)12-9(10(15)16)7-18(17)6-5-13-4-2-3-11-13/h2-4,9H,5-7H2,1H3,(H,12,14)(H,15,16)/t9-,18?/m0/s1. The minimum atomic E-state index is -1.33. The van der Waals surface area contributed by atoms with E-state index in [0.29, 0.717) is 12.3 Å². The number of aryl methyl sites for hydroxylation is 1. The molecule has 7 nitrogen and oxygen atoms in total. The van der Waals surface area contributed by atoms with E-state index in [4.69, 9.17) is 5.11 Å². The first-order chi connectivity index (χ1) is 8.49. The van der Waals surface area contributed by atoms with E-state index < -0.39 is 28.7 Å². The molecular formula is C10H15N3O4S. The molecule has 0 fully saturated rings. The zero-order valence-corrected chi connectivity index (χ0v) is 10.7. The van der Waals surface area contributed by atoms with Gasteiger partial charge in [0.25, 0.3) is 0 Å². The molecule has 1 rings (SSSR count). The van der Waals surface area contributed by atoms with Crippen molar-refractivity contribution in [3.8, 4) is 0 Å². The van der Waals surface area contributed by atoms with E-state index in [1.165, 1.54) is 6.92 Å². The average molecular weight is 273 g/mol. The molecule has 0 spiro atoms. The van der Waals surface area contributed by atoms with E-state index in [0.717, 1.165) is 0 Å². The molecule has 8 heteroatoms. The van der Waals surface area contributed by atoms with Crippen LogP contribution in [0.25, 0.3) is 0 Å². The Morgan fingerprint density at radius 1 is 1.56 bits per heavy atom. The fraction of sp³-hybridized carbons (Fsp3) is 0.500. The Bertz CT molecular complexity index is 432. The van der Waals surface area contributed by atoms with Gasteiger partial charge < -0.3 is 10.4 Å². The highest BCUT2D eigenvalue weighted by Crippen LogP contribution is 1.94. The lowest BCUT2D eigenvalue weighted by Gasteiger charge is -2.12. The highest BCUT2D eigenvalue weighted by Gasteiger charge is 2.21. The fourth-order valence-electron chi connectivity index (χ4n) is 1.32. The van der Waals surface area contributed by atoms with E-state index in [-0.39, 0.29) is 5.75 Å². The molecule has 0 bridgehead atoms. The predicted octanol–water partition coefficient (Wildman–Crippen LogP) is -0.779. The number of nitrogens with one attached hydrogen (secondary N) is 1. The maximum absolute atomic E-state index is 11.7. The average Bonchev–Trinajstić information content (AvgIpc) is 2.77. The molecular weight excluding hydrogens is 258 g/mol. The number of hydrogen-bond acceptors (Lipinski definition) is 4. The Labute approximate surface area is 107 Å². The second-order valence-corrected chi connectivity index (χ2v) is 5.29. The number of carbonyl (C=O) groups is 2. The van der Waals surface area contributed by atoms with Crippen LogP contribution in [0.4, 0.5) is 0 Å². The van der Waals surface area contributed by atoms with E-state index in [1.54, 1.807) is 23.1 Å². The van der Waals surface area contributed by atoms with Crippen LogP contribution in [0.5, 0.6) is 0 Å². The Balaban J connectivity index is 2.41. The Morgan fingerprint density at radius 3 is 2.78 bits per heavy atom. The molecule has 1 aromatic heterocycles. The smallest absolute Gasteiger partial charge is 0.327 e. The van der Waals surface area contributed by atoms with E-state index >= 15 is 0 Å². The zero-order valence-electron chi connectivity index (χ0n) is 9.91. The van der Waals surface area contributed by atoms with Gasteiger partial charge in [0.1, 0.15) is 6.04 Å². The summed E-state index contributed by atoms with van der Waals surface area (Å²) in [6, 6.07) is 0.640. The molecule has 1 unspecified atom stereocenters. The molecule has 1 amide bonds. The topological polar surface area (TPSA) is 101 Å². The first-order valence-corrected chi connectivity index (χ1v) is 6.80. The van der Waals surface area contributed by atoms with Crippen LogP contribution in [0.15, 0.2) is 18.5 Å². The van der Waals surface area contributed by atoms with Crippen molar-refractivity contribution in [1.29, 1.82) is 0 Å². The lowest BCUT2D eigenvalue weighted by Crippen LogP contribution is -2.43. The van der Waals surface area contributed by atoms with Crippen molar-refractivity contribution in [3.63, 3.8) is 0 Å². The lowest BCUT2D eigenvalue weighted by atomic mass is 10.3. The van der Waals surface area contributed by atoms with Crippen LogP contribution < -0.4 is 5.32 Å². The highest BCUT2D eigenvalue weighted by atomic mass is 32.2. The summed E-state index contributed by atoms with van der Waals surface area (Å²) in [5, 5.41) is 15.1. The number of rotatable bonds is 7. The van der Waals surface area contributed by atoms with Gasteiger partial charge in [0.2, 0.25) is 5.91 Å². The third-order valence-corrected chi connectivity index (χ3v) is 3.48. The van der Waals surface area contributed by atoms with Crippen molar-refractivity contribution in [2.24, 2.45) is 0 Å². The number of aliphatic carboxylic acids is 1. The summed E-state index contributed by atoms with van der Waals surface area (Å²) in [7, 11) is -1.33. The summed E-state index contributed by atoms with van der Waals surface area (Å²) in [5.74, 6) is -1.44. The first kappa shape index (κ1) is 14.4. The number of amides is 1. The van der Waals surface area contributed by atoms with Gasteiger partial charge in [-0.05, 0) is 6.07 Å².